The first kappa shape index (κ1) is 36.6. The first-order chi connectivity index (χ1) is 20.8. The van der Waals surface area contributed by atoms with E-state index in [0.717, 1.165) is 18.6 Å². The number of rotatable bonds is 15. The lowest BCUT2D eigenvalue weighted by molar-refractivity contribution is -0.192. The molecule has 0 bridgehead atoms. The minimum atomic E-state index is -5.08. The smallest absolute Gasteiger partial charge is 0.490 e. The number of Topliss-reactive ketones (excluding diaryl/α,β-unsaturated/α-hetero) is 1. The van der Waals surface area contributed by atoms with Crippen LogP contribution in [0.4, 0.5) is 22.0 Å². The highest BCUT2D eigenvalue weighted by Gasteiger charge is 2.38. The molecule has 1 saturated heterocycles. The molecule has 3 N–H and O–H groups in total. The van der Waals surface area contributed by atoms with Crippen molar-refractivity contribution >= 4 is 17.7 Å². The van der Waals surface area contributed by atoms with Gasteiger partial charge in [0.1, 0.15) is 23.8 Å². The van der Waals surface area contributed by atoms with E-state index < -0.39 is 36.3 Å². The molecule has 8 nitrogen and oxygen atoms in total. The molecule has 0 aliphatic carbocycles. The molecule has 0 radical (unpaired) electrons. The number of aliphatic hydroxyl groups is 1. The summed E-state index contributed by atoms with van der Waals surface area (Å²) < 4.78 is 64.2. The van der Waals surface area contributed by atoms with Crippen molar-refractivity contribution in [3.8, 4) is 5.75 Å². The van der Waals surface area contributed by atoms with E-state index in [-0.39, 0.29) is 31.1 Å². The van der Waals surface area contributed by atoms with Crippen LogP contribution < -0.4 is 10.1 Å². The molecule has 1 fully saturated rings. The van der Waals surface area contributed by atoms with Gasteiger partial charge in [0.25, 0.3) is 0 Å². The maximum Gasteiger partial charge on any atom is 0.490 e. The van der Waals surface area contributed by atoms with E-state index in [1.165, 1.54) is 24.3 Å². The Balaban J connectivity index is 0.000000860. The monoisotopic (exact) mass is 630 g/mol. The molecular formula is C31H39F5N2O6. The quantitative estimate of drug-likeness (QED) is 0.133. The number of ether oxygens (including phenoxy) is 1. The Bertz CT molecular complexity index is 1180. The highest BCUT2D eigenvalue weighted by atomic mass is 19.4. The van der Waals surface area contributed by atoms with Crippen molar-refractivity contribution in [1.82, 2.24) is 10.2 Å². The average Bonchev–Trinajstić information content (AvgIpc) is 3.39. The number of halogens is 5. The lowest BCUT2D eigenvalue weighted by atomic mass is 10.0. The van der Waals surface area contributed by atoms with Gasteiger partial charge in [-0.25, -0.2) is 13.6 Å². The highest BCUT2D eigenvalue weighted by Crippen LogP contribution is 2.23. The molecule has 1 amide bonds. The molecule has 0 spiro atoms. The zero-order valence-corrected chi connectivity index (χ0v) is 24.5. The zero-order chi connectivity index (χ0) is 32.7. The van der Waals surface area contributed by atoms with Crippen LogP contribution in [-0.4, -0.2) is 77.4 Å². The Kier molecular flexibility index (Phi) is 15.2. The van der Waals surface area contributed by atoms with Gasteiger partial charge in [0.2, 0.25) is 5.91 Å². The maximum absolute atomic E-state index is 13.7. The fourth-order valence-electron chi connectivity index (χ4n) is 4.41. The number of carboxylic acids is 1. The van der Waals surface area contributed by atoms with Crippen LogP contribution in [0.3, 0.4) is 0 Å². The van der Waals surface area contributed by atoms with E-state index in [4.69, 9.17) is 14.6 Å². The fraction of sp³-hybridized carbons (Fsp3) is 0.516. The number of nitrogens with one attached hydrogen (secondary N) is 1. The van der Waals surface area contributed by atoms with Crippen molar-refractivity contribution in [1.29, 1.82) is 0 Å². The molecule has 3 rings (SSSR count). The van der Waals surface area contributed by atoms with Crippen molar-refractivity contribution in [2.24, 2.45) is 0 Å². The molecule has 1 aliphatic heterocycles. The SMILES string of the molecule is CCCCOc1ccc([C@@H](O)[C@@H](CN2CC[C@H](F)C2)NC(=O)CCCCC(=O)c2ccc(F)cc2)cc1.O=C(O)C(F)(F)F. The average molecular weight is 631 g/mol. The molecule has 0 saturated carbocycles. The number of hydrogen-bond acceptors (Lipinski definition) is 6. The topological polar surface area (TPSA) is 116 Å². The van der Waals surface area contributed by atoms with Gasteiger partial charge in [-0.2, -0.15) is 13.2 Å². The second-order valence-electron chi connectivity index (χ2n) is 10.5. The standard InChI is InChI=1S/C29H38F2N2O4.C2HF3O2/c1-2-3-18-37-25-14-10-22(11-15-25)29(36)26(20-33-17-16-24(31)19-33)32-28(35)7-5-4-6-27(34)21-8-12-23(30)13-9-21;3-2(4,5)1(6)7/h8-15,24,26,29,36H,2-7,16-20H2,1H3,(H,32,35);(H,6,7)/t24-,26+,29+;/m0./s1. The van der Waals surface area contributed by atoms with Crippen molar-refractivity contribution in [3.05, 3.63) is 65.5 Å². The third-order valence-electron chi connectivity index (χ3n) is 6.85. The summed E-state index contributed by atoms with van der Waals surface area (Å²) in [5.74, 6) is -2.75. The van der Waals surface area contributed by atoms with Crippen LogP contribution >= 0.6 is 0 Å². The fourth-order valence-corrected chi connectivity index (χ4v) is 4.41. The Morgan fingerprint density at radius 3 is 2.18 bits per heavy atom. The number of aliphatic hydroxyl groups excluding tert-OH is 1. The van der Waals surface area contributed by atoms with Crippen LogP contribution in [0.1, 0.15) is 73.9 Å². The van der Waals surface area contributed by atoms with Gasteiger partial charge in [0, 0.05) is 38.0 Å². The number of likely N-dealkylation sites (tertiary alicyclic amines) is 1. The van der Waals surface area contributed by atoms with Crippen LogP contribution in [0.5, 0.6) is 5.75 Å². The van der Waals surface area contributed by atoms with Crippen LogP contribution in [0.2, 0.25) is 0 Å². The third kappa shape index (κ3) is 13.4. The Hall–Kier alpha value is -3.58. The van der Waals surface area contributed by atoms with Crippen molar-refractivity contribution in [3.63, 3.8) is 0 Å². The molecule has 244 valence electrons. The van der Waals surface area contributed by atoms with Crippen LogP contribution in [-0.2, 0) is 9.59 Å². The van der Waals surface area contributed by atoms with Crippen LogP contribution in [0, 0.1) is 5.82 Å². The van der Waals surface area contributed by atoms with E-state index in [2.05, 4.69) is 12.2 Å². The Morgan fingerprint density at radius 2 is 1.64 bits per heavy atom. The van der Waals surface area contributed by atoms with E-state index in [1.807, 2.05) is 4.90 Å². The normalized spacial score (nSPS) is 16.4. The Labute approximate surface area is 253 Å². The summed E-state index contributed by atoms with van der Waals surface area (Å²) >= 11 is 0. The minimum Gasteiger partial charge on any atom is -0.494 e. The molecule has 1 aliphatic rings. The first-order valence-electron chi connectivity index (χ1n) is 14.5. The Morgan fingerprint density at radius 1 is 1.02 bits per heavy atom. The van der Waals surface area contributed by atoms with Gasteiger partial charge in [-0.15, -0.1) is 0 Å². The van der Waals surface area contributed by atoms with Gasteiger partial charge < -0.3 is 20.3 Å². The number of carbonyl (C=O) groups is 3. The van der Waals surface area contributed by atoms with Crippen LogP contribution in [0.15, 0.2) is 48.5 Å². The second-order valence-corrected chi connectivity index (χ2v) is 10.5. The predicted octanol–water partition coefficient (Wildman–Crippen LogP) is 5.64. The minimum absolute atomic E-state index is 0.0920. The molecule has 2 aromatic carbocycles. The summed E-state index contributed by atoms with van der Waals surface area (Å²) in [6, 6.07) is 12.0. The van der Waals surface area contributed by atoms with Crippen LogP contribution in [0.25, 0.3) is 0 Å². The molecule has 13 heteroatoms. The van der Waals surface area contributed by atoms with E-state index in [1.54, 1.807) is 24.3 Å². The molecule has 3 atom stereocenters. The van der Waals surface area contributed by atoms with E-state index in [9.17, 15) is 36.6 Å². The first-order valence-corrected chi connectivity index (χ1v) is 14.5. The second kappa shape index (κ2) is 18.3. The van der Waals surface area contributed by atoms with Crippen molar-refractivity contribution in [2.75, 3.05) is 26.2 Å². The number of nitrogens with zero attached hydrogens (tertiary/aromatic N) is 1. The summed E-state index contributed by atoms with van der Waals surface area (Å²) in [6.45, 7) is 3.93. The molecule has 0 aromatic heterocycles. The lowest BCUT2D eigenvalue weighted by Gasteiger charge is -2.29. The summed E-state index contributed by atoms with van der Waals surface area (Å²) in [5, 5.41) is 21.2. The zero-order valence-electron chi connectivity index (χ0n) is 24.5. The number of alkyl halides is 4. The third-order valence-corrected chi connectivity index (χ3v) is 6.85. The lowest BCUT2D eigenvalue weighted by Crippen LogP contribution is -2.46. The summed E-state index contributed by atoms with van der Waals surface area (Å²) in [5.41, 5.74) is 1.10. The van der Waals surface area contributed by atoms with Gasteiger partial charge in [-0.05, 0) is 67.6 Å². The molecule has 44 heavy (non-hydrogen) atoms. The molecular weight excluding hydrogens is 591 g/mol. The number of carbonyl (C=O) groups excluding carboxylic acids is 2. The molecule has 0 unspecified atom stereocenters. The van der Waals surface area contributed by atoms with Gasteiger partial charge >= 0.3 is 12.1 Å². The molecule has 1 heterocycles. The number of unbranched alkanes of at least 4 members (excludes halogenated alkanes) is 2. The van der Waals surface area contributed by atoms with Gasteiger partial charge in [-0.1, -0.05) is 25.5 Å². The largest absolute Gasteiger partial charge is 0.494 e. The van der Waals surface area contributed by atoms with Gasteiger partial charge in [0.05, 0.1) is 12.6 Å². The number of aliphatic carboxylic acids is 1. The molecule has 2 aromatic rings. The maximum atomic E-state index is 13.7. The number of ketones is 1. The summed E-state index contributed by atoms with van der Waals surface area (Å²) in [7, 11) is 0. The van der Waals surface area contributed by atoms with Gasteiger partial charge in [-0.3, -0.25) is 14.5 Å². The predicted molar refractivity (Wildman–Crippen MR) is 153 cm³/mol. The number of amides is 1. The highest BCUT2D eigenvalue weighted by molar-refractivity contribution is 5.96. The summed E-state index contributed by atoms with van der Waals surface area (Å²) in [4.78, 5) is 35.8. The van der Waals surface area contributed by atoms with E-state index >= 15 is 0 Å². The van der Waals surface area contributed by atoms with E-state index in [0.29, 0.717) is 50.1 Å². The summed E-state index contributed by atoms with van der Waals surface area (Å²) in [6.07, 6.45) is -3.00. The van der Waals surface area contributed by atoms with Crippen molar-refractivity contribution < 1.29 is 51.3 Å². The number of carboxylic acid groups (broad SMARTS) is 1. The van der Waals surface area contributed by atoms with Crippen molar-refractivity contribution in [2.45, 2.75) is 76.4 Å². The number of benzene rings is 2. The number of hydrogen-bond donors (Lipinski definition) is 3. The van der Waals surface area contributed by atoms with Gasteiger partial charge in [0.15, 0.2) is 5.78 Å².